The normalized spacial score (nSPS) is 15.2. The second kappa shape index (κ2) is 9.23. The lowest BCUT2D eigenvalue weighted by Crippen LogP contribution is -2.38. The van der Waals surface area contributed by atoms with Gasteiger partial charge in [-0.25, -0.2) is 13.2 Å². The van der Waals surface area contributed by atoms with Crippen LogP contribution in [0.15, 0.2) is 52.0 Å². The highest BCUT2D eigenvalue weighted by atomic mass is 32.2. The zero-order valence-electron chi connectivity index (χ0n) is 16.2. The molecule has 3 rings (SSSR count). The number of hydrogen-bond acceptors (Lipinski definition) is 6. The summed E-state index contributed by atoms with van der Waals surface area (Å²) in [5.41, 5.74) is 0.147. The van der Waals surface area contributed by atoms with Gasteiger partial charge in [0.25, 0.3) is 5.91 Å². The molecule has 1 fully saturated rings. The monoisotopic (exact) mass is 420 g/mol. The topological polar surface area (TPSA) is 106 Å². The molecule has 0 bridgehead atoms. The van der Waals surface area contributed by atoms with Crippen molar-refractivity contribution in [2.75, 3.05) is 19.0 Å². The zero-order valence-corrected chi connectivity index (χ0v) is 17.0. The standard InChI is InChI=1S/C20H24N2O6S/c1-22(15-8-3-2-4-9-15)29(25,26)18-12-6-5-10-16(18)21-19(23)14-28-20(24)17-11-7-13-27-17/h5-7,10-13,15H,2-4,8-9,14H2,1H3,(H,21,23). The van der Waals surface area contributed by atoms with Crippen LogP contribution in [-0.4, -0.2) is 44.3 Å². The molecule has 0 spiro atoms. The van der Waals surface area contributed by atoms with Crippen molar-refractivity contribution in [1.29, 1.82) is 0 Å². The van der Waals surface area contributed by atoms with Crippen molar-refractivity contribution >= 4 is 27.6 Å². The Labute approximate surface area is 169 Å². The predicted octanol–water partition coefficient (Wildman–Crippen LogP) is 3.03. The van der Waals surface area contributed by atoms with Crippen molar-refractivity contribution in [2.45, 2.75) is 43.0 Å². The lowest BCUT2D eigenvalue weighted by Gasteiger charge is -2.30. The van der Waals surface area contributed by atoms with Crippen LogP contribution in [0.5, 0.6) is 0 Å². The molecule has 0 unspecified atom stereocenters. The maximum absolute atomic E-state index is 13.1. The van der Waals surface area contributed by atoms with Crippen molar-refractivity contribution in [1.82, 2.24) is 4.31 Å². The molecule has 1 aliphatic carbocycles. The van der Waals surface area contributed by atoms with Crippen LogP contribution in [0.3, 0.4) is 0 Å². The van der Waals surface area contributed by atoms with Crippen LogP contribution >= 0.6 is 0 Å². The lowest BCUT2D eigenvalue weighted by molar-refractivity contribution is -0.119. The average Bonchev–Trinajstić information content (AvgIpc) is 3.27. The molecule has 1 saturated carbocycles. The van der Waals surface area contributed by atoms with Crippen molar-refractivity contribution in [3.8, 4) is 0 Å². The van der Waals surface area contributed by atoms with Crippen LogP contribution in [-0.2, 0) is 19.6 Å². The largest absolute Gasteiger partial charge is 0.457 e. The summed E-state index contributed by atoms with van der Waals surface area (Å²) in [6.45, 7) is -0.563. The Hall–Kier alpha value is -2.65. The van der Waals surface area contributed by atoms with E-state index in [2.05, 4.69) is 5.32 Å². The van der Waals surface area contributed by atoms with E-state index < -0.39 is 28.5 Å². The first-order valence-corrected chi connectivity index (χ1v) is 10.9. The molecule has 156 valence electrons. The van der Waals surface area contributed by atoms with E-state index in [9.17, 15) is 18.0 Å². The van der Waals surface area contributed by atoms with Crippen LogP contribution in [0.1, 0.15) is 42.7 Å². The molecule has 0 aliphatic heterocycles. The number of furan rings is 1. The Morgan fingerprint density at radius 1 is 1.14 bits per heavy atom. The van der Waals surface area contributed by atoms with Gasteiger partial charge in [-0.15, -0.1) is 0 Å². The van der Waals surface area contributed by atoms with Gasteiger partial charge in [0.15, 0.2) is 6.61 Å². The molecule has 9 heteroatoms. The Morgan fingerprint density at radius 2 is 1.86 bits per heavy atom. The summed E-state index contributed by atoms with van der Waals surface area (Å²) in [6, 6.07) is 9.10. The number of carbonyl (C=O) groups is 2. The molecule has 29 heavy (non-hydrogen) atoms. The second-order valence-electron chi connectivity index (χ2n) is 6.91. The summed E-state index contributed by atoms with van der Waals surface area (Å²) in [6.07, 6.45) is 6.10. The van der Waals surface area contributed by atoms with Crippen LogP contribution in [0.4, 0.5) is 5.69 Å². The fraction of sp³-hybridized carbons (Fsp3) is 0.400. The molecule has 0 radical (unpaired) electrons. The van der Waals surface area contributed by atoms with E-state index in [1.807, 2.05) is 0 Å². The minimum Gasteiger partial charge on any atom is -0.457 e. The first kappa shape index (κ1) is 21.1. The summed E-state index contributed by atoms with van der Waals surface area (Å²) in [7, 11) is -2.21. The van der Waals surface area contributed by atoms with Crippen molar-refractivity contribution in [2.24, 2.45) is 0 Å². The number of para-hydroxylation sites is 1. The number of amides is 1. The highest BCUT2D eigenvalue weighted by Crippen LogP contribution is 2.29. The number of rotatable bonds is 7. The Kier molecular flexibility index (Phi) is 6.71. The summed E-state index contributed by atoms with van der Waals surface area (Å²) in [4.78, 5) is 24.0. The van der Waals surface area contributed by atoms with Gasteiger partial charge in [-0.3, -0.25) is 4.79 Å². The molecule has 0 atom stereocenters. The molecule has 0 saturated heterocycles. The molecule has 1 aliphatic rings. The SMILES string of the molecule is CN(C1CCCCC1)S(=O)(=O)c1ccccc1NC(=O)COC(=O)c1ccco1. The van der Waals surface area contributed by atoms with E-state index in [0.717, 1.165) is 32.1 Å². The van der Waals surface area contributed by atoms with Crippen LogP contribution in [0.2, 0.25) is 0 Å². The van der Waals surface area contributed by atoms with E-state index in [0.29, 0.717) is 0 Å². The third kappa shape index (κ3) is 5.04. The smallest absolute Gasteiger partial charge is 0.374 e. The van der Waals surface area contributed by atoms with Crippen molar-refractivity contribution in [3.63, 3.8) is 0 Å². The van der Waals surface area contributed by atoms with Gasteiger partial charge in [-0.05, 0) is 37.1 Å². The lowest BCUT2D eigenvalue weighted by atomic mass is 9.96. The molecule has 1 aromatic carbocycles. The van der Waals surface area contributed by atoms with Crippen LogP contribution < -0.4 is 5.32 Å². The molecule has 1 amide bonds. The number of benzene rings is 1. The quantitative estimate of drug-likeness (QED) is 0.690. The first-order chi connectivity index (χ1) is 13.9. The molecular formula is C20H24N2O6S. The van der Waals surface area contributed by atoms with E-state index in [1.165, 1.54) is 34.8 Å². The first-order valence-electron chi connectivity index (χ1n) is 9.47. The highest BCUT2D eigenvalue weighted by molar-refractivity contribution is 7.89. The van der Waals surface area contributed by atoms with Crippen molar-refractivity contribution in [3.05, 3.63) is 48.4 Å². The Balaban J connectivity index is 1.69. The van der Waals surface area contributed by atoms with Gasteiger partial charge in [0.1, 0.15) is 4.90 Å². The summed E-state index contributed by atoms with van der Waals surface area (Å²) in [5, 5.41) is 2.52. The van der Waals surface area contributed by atoms with Crippen molar-refractivity contribution < 1.29 is 27.2 Å². The maximum Gasteiger partial charge on any atom is 0.374 e. The third-order valence-corrected chi connectivity index (χ3v) is 6.93. The number of anilines is 1. The van der Waals surface area contributed by atoms with Gasteiger partial charge in [-0.2, -0.15) is 4.31 Å². The van der Waals surface area contributed by atoms with Gasteiger partial charge in [0.2, 0.25) is 15.8 Å². The Bertz CT molecular complexity index is 949. The Morgan fingerprint density at radius 3 is 2.55 bits per heavy atom. The number of hydrogen-bond donors (Lipinski definition) is 1. The van der Waals surface area contributed by atoms with E-state index >= 15 is 0 Å². The highest BCUT2D eigenvalue weighted by Gasteiger charge is 2.31. The molecule has 1 heterocycles. The van der Waals surface area contributed by atoms with Gasteiger partial charge >= 0.3 is 5.97 Å². The minimum atomic E-state index is -3.79. The number of nitrogens with zero attached hydrogens (tertiary/aromatic N) is 1. The van der Waals surface area contributed by atoms with Crippen LogP contribution in [0, 0.1) is 0 Å². The number of sulfonamides is 1. The number of ether oxygens (including phenoxy) is 1. The molecule has 8 nitrogen and oxygen atoms in total. The number of carbonyl (C=O) groups excluding carboxylic acids is 2. The average molecular weight is 420 g/mol. The van der Waals surface area contributed by atoms with Gasteiger partial charge in [0, 0.05) is 13.1 Å². The molecular weight excluding hydrogens is 396 g/mol. The van der Waals surface area contributed by atoms with E-state index in [-0.39, 0.29) is 22.4 Å². The van der Waals surface area contributed by atoms with E-state index in [1.54, 1.807) is 19.2 Å². The molecule has 1 N–H and O–H groups in total. The van der Waals surface area contributed by atoms with Crippen LogP contribution in [0.25, 0.3) is 0 Å². The summed E-state index contributed by atoms with van der Waals surface area (Å²) >= 11 is 0. The number of esters is 1. The zero-order chi connectivity index (χ0) is 20.9. The molecule has 2 aromatic rings. The minimum absolute atomic E-state index is 0.0128. The fourth-order valence-electron chi connectivity index (χ4n) is 3.37. The second-order valence-corrected chi connectivity index (χ2v) is 8.88. The maximum atomic E-state index is 13.1. The summed E-state index contributed by atoms with van der Waals surface area (Å²) in [5.74, 6) is -1.44. The third-order valence-electron chi connectivity index (χ3n) is 4.96. The number of nitrogens with one attached hydrogen (secondary N) is 1. The van der Waals surface area contributed by atoms with E-state index in [4.69, 9.17) is 9.15 Å². The fourth-order valence-corrected chi connectivity index (χ4v) is 4.94. The predicted molar refractivity (Wildman–Crippen MR) is 106 cm³/mol. The van der Waals surface area contributed by atoms with Gasteiger partial charge in [-0.1, -0.05) is 31.4 Å². The van der Waals surface area contributed by atoms with Gasteiger partial charge in [0.05, 0.1) is 12.0 Å². The van der Waals surface area contributed by atoms with Gasteiger partial charge < -0.3 is 14.5 Å². The molecule has 1 aromatic heterocycles. The summed E-state index contributed by atoms with van der Waals surface area (Å²) < 4.78 is 37.4.